The molecule has 1 atom stereocenters. The molecule has 31 heavy (non-hydrogen) atoms. The number of benzene rings is 3. The van der Waals surface area contributed by atoms with Crippen molar-refractivity contribution in [1.29, 1.82) is 0 Å². The number of carbonyl (C=O) groups is 2. The Kier molecular flexibility index (Phi) is 6.41. The molecule has 2 amide bonds. The monoisotopic (exact) mass is 416 g/mol. The molecule has 1 fully saturated rings. The third-order valence-electron chi connectivity index (χ3n) is 5.72. The Morgan fingerprint density at radius 2 is 1.52 bits per heavy atom. The van der Waals surface area contributed by atoms with Crippen molar-refractivity contribution in [3.63, 3.8) is 0 Å². The minimum absolute atomic E-state index is 0.0155. The maximum absolute atomic E-state index is 13.1. The van der Waals surface area contributed by atoms with Crippen LogP contribution in [0.25, 0.3) is 0 Å². The van der Waals surface area contributed by atoms with E-state index in [9.17, 15) is 14.0 Å². The van der Waals surface area contributed by atoms with Crippen LogP contribution in [0.2, 0.25) is 0 Å². The van der Waals surface area contributed by atoms with Gasteiger partial charge in [-0.15, -0.1) is 0 Å². The van der Waals surface area contributed by atoms with E-state index in [1.807, 2.05) is 60.7 Å². The lowest BCUT2D eigenvalue weighted by Gasteiger charge is -2.22. The molecule has 1 N–H and O–H groups in total. The van der Waals surface area contributed by atoms with Gasteiger partial charge in [0.25, 0.3) is 0 Å². The summed E-state index contributed by atoms with van der Waals surface area (Å²) in [6.45, 7) is 0.928. The average molecular weight is 416 g/mol. The van der Waals surface area contributed by atoms with Crippen LogP contribution in [0.1, 0.15) is 29.2 Å². The predicted molar refractivity (Wildman–Crippen MR) is 118 cm³/mol. The number of carbonyl (C=O) groups excluding carboxylic acids is 2. The van der Waals surface area contributed by atoms with Crippen LogP contribution in [-0.4, -0.2) is 29.8 Å². The summed E-state index contributed by atoms with van der Waals surface area (Å²) < 4.78 is 13.1. The Morgan fingerprint density at radius 3 is 2.10 bits per heavy atom. The van der Waals surface area contributed by atoms with E-state index in [0.29, 0.717) is 19.5 Å². The highest BCUT2D eigenvalue weighted by molar-refractivity contribution is 5.89. The van der Waals surface area contributed by atoms with Gasteiger partial charge in [0.2, 0.25) is 11.8 Å². The van der Waals surface area contributed by atoms with Gasteiger partial charge in [-0.3, -0.25) is 9.59 Å². The van der Waals surface area contributed by atoms with Gasteiger partial charge in [-0.05, 0) is 35.2 Å². The van der Waals surface area contributed by atoms with E-state index in [1.54, 1.807) is 17.0 Å². The standard InChI is InChI=1S/C26H25FN2O2/c27-23-13-11-19(12-14-23)15-16-29-18-22(17-24(29)30)26(31)28-25(20-7-3-1-4-8-20)21-9-5-2-6-10-21/h1-14,22,25H,15-18H2,(H,28,31)/t22-/m1/s1. The topological polar surface area (TPSA) is 49.4 Å². The molecule has 3 aromatic rings. The van der Waals surface area contributed by atoms with Crippen molar-refractivity contribution in [2.75, 3.05) is 13.1 Å². The van der Waals surface area contributed by atoms with E-state index in [2.05, 4.69) is 5.32 Å². The normalized spacial score (nSPS) is 16.0. The van der Waals surface area contributed by atoms with Crippen LogP contribution < -0.4 is 5.32 Å². The second-order valence-electron chi connectivity index (χ2n) is 7.88. The molecule has 0 aliphatic carbocycles. The lowest BCUT2D eigenvalue weighted by molar-refractivity contribution is -0.129. The first-order chi connectivity index (χ1) is 15.1. The van der Waals surface area contributed by atoms with Crippen LogP contribution in [0.5, 0.6) is 0 Å². The molecule has 1 aliphatic rings. The molecule has 0 spiro atoms. The third-order valence-corrected chi connectivity index (χ3v) is 5.72. The molecular formula is C26H25FN2O2. The Labute approximate surface area is 181 Å². The molecule has 1 aliphatic heterocycles. The number of likely N-dealkylation sites (tertiary alicyclic amines) is 1. The number of hydrogen-bond acceptors (Lipinski definition) is 2. The van der Waals surface area contributed by atoms with Crippen molar-refractivity contribution in [2.45, 2.75) is 18.9 Å². The van der Waals surface area contributed by atoms with E-state index >= 15 is 0 Å². The SMILES string of the molecule is O=C(NC(c1ccccc1)c1ccccc1)[C@@H]1CC(=O)N(CCc2ccc(F)cc2)C1. The second-order valence-corrected chi connectivity index (χ2v) is 7.88. The van der Waals surface area contributed by atoms with Crippen molar-refractivity contribution in [3.8, 4) is 0 Å². The minimum atomic E-state index is -0.379. The average Bonchev–Trinajstić information content (AvgIpc) is 3.19. The van der Waals surface area contributed by atoms with Crippen molar-refractivity contribution in [3.05, 3.63) is 107 Å². The quantitative estimate of drug-likeness (QED) is 0.630. The zero-order chi connectivity index (χ0) is 21.6. The van der Waals surface area contributed by atoms with Crippen molar-refractivity contribution in [2.24, 2.45) is 5.92 Å². The Bertz CT molecular complexity index is 983. The minimum Gasteiger partial charge on any atom is -0.345 e. The number of nitrogens with one attached hydrogen (secondary N) is 1. The van der Waals surface area contributed by atoms with Gasteiger partial charge in [-0.25, -0.2) is 4.39 Å². The highest BCUT2D eigenvalue weighted by Crippen LogP contribution is 2.25. The molecule has 0 aromatic heterocycles. The van der Waals surface area contributed by atoms with Crippen LogP contribution in [-0.2, 0) is 16.0 Å². The molecule has 158 valence electrons. The number of rotatable bonds is 7. The zero-order valence-electron chi connectivity index (χ0n) is 17.2. The summed E-state index contributed by atoms with van der Waals surface area (Å²) in [7, 11) is 0. The van der Waals surface area contributed by atoms with Gasteiger partial charge in [0.1, 0.15) is 5.82 Å². The first kappa shape index (κ1) is 20.8. The summed E-state index contributed by atoms with van der Waals surface area (Å²) in [4.78, 5) is 27.3. The molecule has 4 nitrogen and oxygen atoms in total. The van der Waals surface area contributed by atoms with Crippen LogP contribution in [0.3, 0.4) is 0 Å². The first-order valence-electron chi connectivity index (χ1n) is 10.5. The van der Waals surface area contributed by atoms with Gasteiger partial charge in [-0.2, -0.15) is 0 Å². The molecule has 4 rings (SSSR count). The van der Waals surface area contributed by atoms with Crippen molar-refractivity contribution in [1.82, 2.24) is 10.2 Å². The van der Waals surface area contributed by atoms with Crippen LogP contribution in [0.15, 0.2) is 84.9 Å². The molecule has 3 aromatic carbocycles. The van der Waals surface area contributed by atoms with Gasteiger partial charge in [0.05, 0.1) is 12.0 Å². The number of nitrogens with zero attached hydrogens (tertiary/aromatic N) is 1. The maximum Gasteiger partial charge on any atom is 0.226 e. The Morgan fingerprint density at radius 1 is 0.935 bits per heavy atom. The van der Waals surface area contributed by atoms with Gasteiger partial charge in [-0.1, -0.05) is 72.8 Å². The van der Waals surface area contributed by atoms with Crippen molar-refractivity contribution < 1.29 is 14.0 Å². The summed E-state index contributed by atoms with van der Waals surface area (Å²) in [6.07, 6.45) is 0.850. The van der Waals surface area contributed by atoms with E-state index in [-0.39, 0.29) is 36.0 Å². The van der Waals surface area contributed by atoms with E-state index in [0.717, 1.165) is 16.7 Å². The number of amides is 2. The molecular weight excluding hydrogens is 391 g/mol. The Balaban J connectivity index is 1.41. The fourth-order valence-electron chi connectivity index (χ4n) is 3.99. The molecule has 0 saturated carbocycles. The largest absolute Gasteiger partial charge is 0.345 e. The lowest BCUT2D eigenvalue weighted by Crippen LogP contribution is -2.36. The summed E-state index contributed by atoms with van der Waals surface area (Å²) in [5, 5.41) is 3.15. The molecule has 1 saturated heterocycles. The van der Waals surface area contributed by atoms with Crippen LogP contribution >= 0.6 is 0 Å². The molecule has 1 heterocycles. The van der Waals surface area contributed by atoms with Gasteiger partial charge in [0.15, 0.2) is 0 Å². The van der Waals surface area contributed by atoms with E-state index < -0.39 is 0 Å². The third kappa shape index (κ3) is 5.18. The van der Waals surface area contributed by atoms with Crippen LogP contribution in [0, 0.1) is 11.7 Å². The predicted octanol–water partition coefficient (Wildman–Crippen LogP) is 4.12. The first-order valence-corrected chi connectivity index (χ1v) is 10.5. The molecule has 5 heteroatoms. The summed E-state index contributed by atoms with van der Waals surface area (Å²) in [6, 6.07) is 25.7. The highest BCUT2D eigenvalue weighted by atomic mass is 19.1. The highest BCUT2D eigenvalue weighted by Gasteiger charge is 2.35. The van der Waals surface area contributed by atoms with Crippen molar-refractivity contribution >= 4 is 11.8 Å². The fourth-order valence-corrected chi connectivity index (χ4v) is 3.99. The van der Waals surface area contributed by atoms with Crippen LogP contribution in [0.4, 0.5) is 4.39 Å². The van der Waals surface area contributed by atoms with E-state index in [1.165, 1.54) is 12.1 Å². The van der Waals surface area contributed by atoms with Gasteiger partial charge >= 0.3 is 0 Å². The zero-order valence-corrected chi connectivity index (χ0v) is 17.2. The maximum atomic E-state index is 13.1. The smallest absolute Gasteiger partial charge is 0.226 e. The number of hydrogen-bond donors (Lipinski definition) is 1. The fraction of sp³-hybridized carbons (Fsp3) is 0.231. The molecule has 0 radical (unpaired) electrons. The van der Waals surface area contributed by atoms with Gasteiger partial charge in [0, 0.05) is 19.5 Å². The second kappa shape index (κ2) is 9.56. The van der Waals surface area contributed by atoms with E-state index in [4.69, 9.17) is 0 Å². The lowest BCUT2D eigenvalue weighted by atomic mass is 9.97. The Hall–Kier alpha value is -3.47. The summed E-state index contributed by atoms with van der Waals surface area (Å²) >= 11 is 0. The summed E-state index contributed by atoms with van der Waals surface area (Å²) in [5.74, 6) is -0.784. The van der Waals surface area contributed by atoms with Gasteiger partial charge < -0.3 is 10.2 Å². The summed E-state index contributed by atoms with van der Waals surface area (Å²) in [5.41, 5.74) is 2.97. The molecule has 0 unspecified atom stereocenters. The number of halogens is 1. The molecule has 0 bridgehead atoms.